The molecule has 14 heteroatoms. The summed E-state index contributed by atoms with van der Waals surface area (Å²) in [5.74, 6) is -2.82. The number of carboxylic acid groups (broad SMARTS) is 1. The van der Waals surface area contributed by atoms with Crippen molar-refractivity contribution in [3.05, 3.63) is 0 Å². The highest BCUT2D eigenvalue weighted by Crippen LogP contribution is 2.19. The van der Waals surface area contributed by atoms with Gasteiger partial charge in [0.15, 0.2) is 0 Å². The van der Waals surface area contributed by atoms with Crippen LogP contribution in [0.2, 0.25) is 0 Å². The first-order valence-corrected chi connectivity index (χ1v) is 14.0. The van der Waals surface area contributed by atoms with Crippen molar-refractivity contribution in [2.75, 3.05) is 59.3 Å². The number of carbonyl (C=O) groups excluding carboxylic acids is 4. The van der Waals surface area contributed by atoms with E-state index in [0.29, 0.717) is 39.2 Å². The number of nitrogens with one attached hydrogen (secondary N) is 2. The highest BCUT2D eigenvalue weighted by molar-refractivity contribution is 5.93. The molecule has 1 saturated heterocycles. The molecule has 236 valence electrons. The molecule has 1 fully saturated rings. The number of hydrogen-bond donors (Lipinski definition) is 3. The fourth-order valence-corrected chi connectivity index (χ4v) is 3.69. The van der Waals surface area contributed by atoms with E-state index in [4.69, 9.17) is 23.7 Å². The molecule has 0 aromatic heterocycles. The maximum atomic E-state index is 13.1. The monoisotopic (exact) mass is 589 g/mol. The summed E-state index contributed by atoms with van der Waals surface area (Å²) in [6.45, 7) is 11.3. The van der Waals surface area contributed by atoms with E-state index in [1.165, 1.54) is 4.90 Å². The lowest BCUT2D eigenvalue weighted by Crippen LogP contribution is -2.52. The highest BCUT2D eigenvalue weighted by atomic mass is 16.6. The van der Waals surface area contributed by atoms with Crippen LogP contribution in [-0.4, -0.2) is 117 Å². The van der Waals surface area contributed by atoms with Crippen molar-refractivity contribution in [3.8, 4) is 0 Å². The summed E-state index contributed by atoms with van der Waals surface area (Å²) >= 11 is 0. The second-order valence-electron chi connectivity index (χ2n) is 10.9. The van der Waals surface area contributed by atoms with Gasteiger partial charge in [-0.15, -0.1) is 0 Å². The zero-order valence-electron chi connectivity index (χ0n) is 24.9. The summed E-state index contributed by atoms with van der Waals surface area (Å²) in [5.41, 5.74) is -0.560. The van der Waals surface area contributed by atoms with E-state index < -0.39 is 54.0 Å². The van der Waals surface area contributed by atoms with E-state index in [2.05, 4.69) is 10.6 Å². The molecule has 0 spiro atoms. The fourth-order valence-electron chi connectivity index (χ4n) is 3.69. The Kier molecular flexibility index (Phi) is 16.9. The number of alkyl carbamates (subject to hydrolysis) is 1. The van der Waals surface area contributed by atoms with Gasteiger partial charge >= 0.3 is 18.0 Å². The number of carbonyl (C=O) groups is 5. The summed E-state index contributed by atoms with van der Waals surface area (Å²) in [4.78, 5) is 62.1. The van der Waals surface area contributed by atoms with Crippen LogP contribution in [0.5, 0.6) is 0 Å². The molecule has 0 radical (unpaired) electrons. The van der Waals surface area contributed by atoms with Crippen molar-refractivity contribution < 1.29 is 52.8 Å². The van der Waals surface area contributed by atoms with Crippen LogP contribution in [0.15, 0.2) is 0 Å². The molecule has 1 rings (SSSR count). The van der Waals surface area contributed by atoms with Gasteiger partial charge in [-0.2, -0.15) is 0 Å². The lowest BCUT2D eigenvalue weighted by atomic mass is 10.1. The Balaban J connectivity index is 2.29. The van der Waals surface area contributed by atoms with Gasteiger partial charge in [0, 0.05) is 19.5 Å². The average Bonchev–Trinajstić information content (AvgIpc) is 3.36. The molecule has 3 amide bonds. The molecule has 0 aromatic rings. The van der Waals surface area contributed by atoms with E-state index in [0.717, 1.165) is 0 Å². The first-order valence-electron chi connectivity index (χ1n) is 14.0. The Hall–Kier alpha value is -2.97. The SMILES string of the molecule is CC(C)COC(=O)C[C@H](NC(=O)CCOCCOCCOCCNC(=O)OC(C)(C)C)C(=O)N1CCC[C@H]1C(=O)O. The third-order valence-electron chi connectivity index (χ3n) is 5.53. The lowest BCUT2D eigenvalue weighted by Gasteiger charge is -2.27. The quantitative estimate of drug-likeness (QED) is 0.145. The van der Waals surface area contributed by atoms with Gasteiger partial charge in [-0.3, -0.25) is 14.4 Å². The molecule has 3 N–H and O–H groups in total. The van der Waals surface area contributed by atoms with E-state index >= 15 is 0 Å². The van der Waals surface area contributed by atoms with Crippen LogP contribution >= 0.6 is 0 Å². The number of aliphatic carboxylic acids is 1. The summed E-state index contributed by atoms with van der Waals surface area (Å²) in [6.07, 6.45) is -0.135. The van der Waals surface area contributed by atoms with Crippen molar-refractivity contribution in [2.45, 2.75) is 78.0 Å². The van der Waals surface area contributed by atoms with Crippen molar-refractivity contribution >= 4 is 29.8 Å². The van der Waals surface area contributed by atoms with Crippen LogP contribution in [-0.2, 0) is 42.9 Å². The number of amides is 3. The first kappa shape index (κ1) is 36.1. The molecular weight excluding hydrogens is 542 g/mol. The summed E-state index contributed by atoms with van der Waals surface area (Å²) < 4.78 is 26.4. The van der Waals surface area contributed by atoms with Crippen LogP contribution in [0.3, 0.4) is 0 Å². The van der Waals surface area contributed by atoms with Crippen molar-refractivity contribution in [2.24, 2.45) is 5.92 Å². The Morgan fingerprint density at radius 1 is 0.951 bits per heavy atom. The summed E-state index contributed by atoms with van der Waals surface area (Å²) in [7, 11) is 0. The average molecular weight is 590 g/mol. The Labute approximate surface area is 241 Å². The zero-order valence-corrected chi connectivity index (χ0v) is 24.9. The van der Waals surface area contributed by atoms with Gasteiger partial charge in [0.05, 0.1) is 52.7 Å². The summed E-state index contributed by atoms with van der Waals surface area (Å²) in [6, 6.07) is -2.22. The second-order valence-corrected chi connectivity index (χ2v) is 10.9. The molecular formula is C27H47N3O11. The van der Waals surface area contributed by atoms with Gasteiger partial charge in [-0.1, -0.05) is 13.8 Å². The molecule has 0 aromatic carbocycles. The maximum absolute atomic E-state index is 13.1. The van der Waals surface area contributed by atoms with Gasteiger partial charge in [0.2, 0.25) is 11.8 Å². The molecule has 14 nitrogen and oxygen atoms in total. The lowest BCUT2D eigenvalue weighted by molar-refractivity contribution is -0.152. The van der Waals surface area contributed by atoms with E-state index in [1.807, 2.05) is 13.8 Å². The third-order valence-corrected chi connectivity index (χ3v) is 5.53. The minimum absolute atomic E-state index is 0.0577. The number of ether oxygens (including phenoxy) is 5. The molecule has 41 heavy (non-hydrogen) atoms. The first-order chi connectivity index (χ1) is 19.3. The van der Waals surface area contributed by atoms with Crippen LogP contribution in [0.1, 0.15) is 60.3 Å². The largest absolute Gasteiger partial charge is 0.480 e. The Morgan fingerprint density at radius 3 is 2.15 bits per heavy atom. The van der Waals surface area contributed by atoms with E-state index in [1.54, 1.807) is 20.8 Å². The van der Waals surface area contributed by atoms with Crippen LogP contribution < -0.4 is 10.6 Å². The Bertz CT molecular complexity index is 845. The molecule has 0 bridgehead atoms. The normalized spacial score (nSPS) is 15.9. The van der Waals surface area contributed by atoms with Gasteiger partial charge in [0.25, 0.3) is 0 Å². The number of nitrogens with zero attached hydrogens (tertiary/aromatic N) is 1. The molecule has 0 saturated carbocycles. The van der Waals surface area contributed by atoms with Gasteiger partial charge < -0.3 is 44.3 Å². The number of hydrogen-bond acceptors (Lipinski definition) is 10. The fraction of sp³-hybridized carbons (Fsp3) is 0.815. The van der Waals surface area contributed by atoms with Crippen molar-refractivity contribution in [3.63, 3.8) is 0 Å². The smallest absolute Gasteiger partial charge is 0.407 e. The second kappa shape index (κ2) is 19.2. The molecule has 1 aliphatic rings. The molecule has 1 aliphatic heterocycles. The van der Waals surface area contributed by atoms with Crippen LogP contribution in [0.4, 0.5) is 4.79 Å². The van der Waals surface area contributed by atoms with E-state index in [-0.39, 0.29) is 45.3 Å². The standard InChI is InChI=1S/C27H47N3O11/c1-19(2)18-40-23(32)17-20(24(33)30-10-6-7-21(30)25(34)35)29-22(31)8-11-37-13-15-39-16-14-38-12-9-28-26(36)41-27(3,4)5/h19-21H,6-18H2,1-5H3,(H,28,36)(H,29,31)(H,34,35)/t20-,21-/m0/s1. The third kappa shape index (κ3) is 16.8. The predicted molar refractivity (Wildman–Crippen MR) is 146 cm³/mol. The number of carboxylic acids is 1. The van der Waals surface area contributed by atoms with Crippen molar-refractivity contribution in [1.82, 2.24) is 15.5 Å². The minimum atomic E-state index is -1.23. The minimum Gasteiger partial charge on any atom is -0.480 e. The molecule has 0 unspecified atom stereocenters. The van der Waals surface area contributed by atoms with Crippen molar-refractivity contribution in [1.29, 1.82) is 0 Å². The predicted octanol–water partition coefficient (Wildman–Crippen LogP) is 1.10. The highest BCUT2D eigenvalue weighted by Gasteiger charge is 2.38. The van der Waals surface area contributed by atoms with E-state index in [9.17, 15) is 29.1 Å². The molecule has 0 aliphatic carbocycles. The topological polar surface area (TPSA) is 179 Å². The number of rotatable bonds is 19. The number of esters is 1. The number of likely N-dealkylation sites (tertiary alicyclic amines) is 1. The Morgan fingerprint density at radius 2 is 1.56 bits per heavy atom. The van der Waals surface area contributed by atoms with Gasteiger partial charge in [-0.25, -0.2) is 9.59 Å². The maximum Gasteiger partial charge on any atom is 0.407 e. The summed E-state index contributed by atoms with van der Waals surface area (Å²) in [5, 5.41) is 14.5. The van der Waals surface area contributed by atoms with Gasteiger partial charge in [0.1, 0.15) is 17.7 Å². The van der Waals surface area contributed by atoms with Gasteiger partial charge in [-0.05, 0) is 39.5 Å². The van der Waals surface area contributed by atoms with Crippen LogP contribution in [0.25, 0.3) is 0 Å². The molecule has 2 atom stereocenters. The van der Waals surface area contributed by atoms with Crippen LogP contribution in [0, 0.1) is 5.92 Å². The molecule has 1 heterocycles. The zero-order chi connectivity index (χ0) is 30.8.